The van der Waals surface area contributed by atoms with Crippen molar-refractivity contribution >= 4 is 5.97 Å². The van der Waals surface area contributed by atoms with E-state index in [2.05, 4.69) is 0 Å². The zero-order valence-corrected chi connectivity index (χ0v) is 10.2. The number of esters is 1. The lowest BCUT2D eigenvalue weighted by Gasteiger charge is -2.14. The summed E-state index contributed by atoms with van der Waals surface area (Å²) in [5.74, 6) is -0.586. The van der Waals surface area contributed by atoms with E-state index in [0.29, 0.717) is 12.1 Å². The molecule has 0 heterocycles. The Labute approximate surface area is 91.5 Å². The average Bonchev–Trinajstić information content (AvgIpc) is 2.11. The number of carbonyl (C=O) groups is 1. The number of aliphatic hydroxyl groups is 1. The van der Waals surface area contributed by atoms with Gasteiger partial charge in [-0.2, -0.15) is 0 Å². The van der Waals surface area contributed by atoms with Crippen LogP contribution in [0.5, 0.6) is 0 Å². The lowest BCUT2D eigenvalue weighted by molar-refractivity contribution is -0.155. The Morgan fingerprint density at radius 3 is 2.40 bits per heavy atom. The summed E-state index contributed by atoms with van der Waals surface area (Å²) >= 11 is 0. The van der Waals surface area contributed by atoms with Crippen LogP contribution in [0.15, 0.2) is 11.6 Å². The summed E-state index contributed by atoms with van der Waals surface area (Å²) in [6.45, 7) is 5.92. The second kappa shape index (κ2) is 6.58. The molecular formula is C11H21NO3. The van der Waals surface area contributed by atoms with Crippen LogP contribution in [0.1, 0.15) is 20.8 Å². The second-order valence-electron chi connectivity index (χ2n) is 4.10. The predicted octanol–water partition coefficient (Wildman–Crippen LogP) is 0.807. The molecule has 0 bridgehead atoms. The van der Waals surface area contributed by atoms with Gasteiger partial charge in [-0.05, 0) is 40.4 Å². The van der Waals surface area contributed by atoms with Crippen LogP contribution in [-0.2, 0) is 9.53 Å². The third-order valence-corrected chi connectivity index (χ3v) is 1.78. The Kier molecular flexibility index (Phi) is 6.20. The second-order valence-corrected chi connectivity index (χ2v) is 4.10. The standard InChI is InChI=1S/C11H21NO3/c1-8(2)15-11(14)10(13)9(3)6-7-12(4)5/h6,8,10,13H,7H2,1-5H3/b9-6+. The van der Waals surface area contributed by atoms with E-state index >= 15 is 0 Å². The lowest BCUT2D eigenvalue weighted by atomic mass is 10.1. The average molecular weight is 215 g/mol. The summed E-state index contributed by atoms with van der Waals surface area (Å²) < 4.78 is 4.90. The Morgan fingerprint density at radius 1 is 1.47 bits per heavy atom. The van der Waals surface area contributed by atoms with Gasteiger partial charge in [-0.15, -0.1) is 0 Å². The van der Waals surface area contributed by atoms with Crippen LogP contribution in [0.4, 0.5) is 0 Å². The van der Waals surface area contributed by atoms with Gasteiger partial charge in [-0.25, -0.2) is 4.79 Å². The fourth-order valence-electron chi connectivity index (χ4n) is 0.921. The fourth-order valence-corrected chi connectivity index (χ4v) is 0.921. The normalized spacial score (nSPS) is 14.5. The maximum absolute atomic E-state index is 11.3. The number of likely N-dealkylation sites (N-methyl/N-ethyl adjacent to an activating group) is 1. The minimum absolute atomic E-state index is 0.200. The van der Waals surface area contributed by atoms with Crippen molar-refractivity contribution in [2.75, 3.05) is 20.6 Å². The molecule has 1 atom stereocenters. The molecule has 4 heteroatoms. The monoisotopic (exact) mass is 215 g/mol. The van der Waals surface area contributed by atoms with Gasteiger partial charge in [0, 0.05) is 6.54 Å². The summed E-state index contributed by atoms with van der Waals surface area (Å²) in [4.78, 5) is 13.3. The van der Waals surface area contributed by atoms with Gasteiger partial charge < -0.3 is 14.7 Å². The summed E-state index contributed by atoms with van der Waals surface area (Å²) in [6, 6.07) is 0. The summed E-state index contributed by atoms with van der Waals surface area (Å²) in [6.07, 6.45) is 0.466. The molecule has 0 aliphatic rings. The van der Waals surface area contributed by atoms with Crippen molar-refractivity contribution < 1.29 is 14.6 Å². The molecule has 0 amide bonds. The molecule has 15 heavy (non-hydrogen) atoms. The molecule has 88 valence electrons. The highest BCUT2D eigenvalue weighted by molar-refractivity contribution is 5.77. The molecule has 0 aliphatic carbocycles. The van der Waals surface area contributed by atoms with E-state index in [1.807, 2.05) is 25.1 Å². The first-order chi connectivity index (χ1) is 6.84. The van der Waals surface area contributed by atoms with E-state index in [9.17, 15) is 9.90 Å². The lowest BCUT2D eigenvalue weighted by Crippen LogP contribution is -2.27. The van der Waals surface area contributed by atoms with Gasteiger partial charge in [0.15, 0.2) is 6.10 Å². The first-order valence-electron chi connectivity index (χ1n) is 5.04. The van der Waals surface area contributed by atoms with Gasteiger partial charge >= 0.3 is 5.97 Å². The van der Waals surface area contributed by atoms with E-state index in [-0.39, 0.29) is 6.10 Å². The van der Waals surface area contributed by atoms with E-state index in [1.165, 1.54) is 0 Å². The number of hydrogen-bond acceptors (Lipinski definition) is 4. The van der Waals surface area contributed by atoms with Crippen LogP contribution >= 0.6 is 0 Å². The number of nitrogens with zero attached hydrogens (tertiary/aromatic N) is 1. The minimum Gasteiger partial charge on any atom is -0.461 e. The Hall–Kier alpha value is -0.870. The van der Waals surface area contributed by atoms with E-state index < -0.39 is 12.1 Å². The minimum atomic E-state index is -1.15. The van der Waals surface area contributed by atoms with Gasteiger partial charge in [-0.3, -0.25) is 0 Å². The molecule has 0 aromatic rings. The first kappa shape index (κ1) is 14.1. The SMILES string of the molecule is C/C(=C\CN(C)C)C(O)C(=O)OC(C)C. The van der Waals surface area contributed by atoms with Crippen LogP contribution in [-0.4, -0.2) is 48.8 Å². The highest BCUT2D eigenvalue weighted by Crippen LogP contribution is 2.05. The third kappa shape index (κ3) is 6.25. The fraction of sp³-hybridized carbons (Fsp3) is 0.727. The van der Waals surface area contributed by atoms with Crippen molar-refractivity contribution in [3.8, 4) is 0 Å². The van der Waals surface area contributed by atoms with Crippen molar-refractivity contribution in [1.29, 1.82) is 0 Å². The van der Waals surface area contributed by atoms with Crippen LogP contribution < -0.4 is 0 Å². The quantitative estimate of drug-likeness (QED) is 0.544. The van der Waals surface area contributed by atoms with Crippen LogP contribution in [0.2, 0.25) is 0 Å². The van der Waals surface area contributed by atoms with Gasteiger partial charge in [0.25, 0.3) is 0 Å². The number of ether oxygens (including phenoxy) is 1. The highest BCUT2D eigenvalue weighted by atomic mass is 16.6. The molecule has 1 N–H and O–H groups in total. The molecule has 0 fully saturated rings. The predicted molar refractivity (Wildman–Crippen MR) is 59.5 cm³/mol. The first-order valence-corrected chi connectivity index (χ1v) is 5.04. The molecule has 0 aromatic heterocycles. The highest BCUT2D eigenvalue weighted by Gasteiger charge is 2.19. The van der Waals surface area contributed by atoms with Crippen LogP contribution in [0, 0.1) is 0 Å². The Bertz CT molecular complexity index is 234. The van der Waals surface area contributed by atoms with Crippen molar-refractivity contribution in [1.82, 2.24) is 4.90 Å². The maximum Gasteiger partial charge on any atom is 0.339 e. The molecular weight excluding hydrogens is 194 g/mol. The third-order valence-electron chi connectivity index (χ3n) is 1.78. The van der Waals surface area contributed by atoms with Gasteiger partial charge in [0.2, 0.25) is 0 Å². The van der Waals surface area contributed by atoms with Crippen molar-refractivity contribution in [2.24, 2.45) is 0 Å². The molecule has 0 aromatic carbocycles. The molecule has 0 rings (SSSR count). The maximum atomic E-state index is 11.3. The molecule has 0 spiro atoms. The van der Waals surface area contributed by atoms with Gasteiger partial charge in [-0.1, -0.05) is 6.08 Å². The summed E-state index contributed by atoms with van der Waals surface area (Å²) in [7, 11) is 3.84. The summed E-state index contributed by atoms with van der Waals surface area (Å²) in [5.41, 5.74) is 0.620. The smallest absolute Gasteiger partial charge is 0.339 e. The van der Waals surface area contributed by atoms with Crippen LogP contribution in [0.25, 0.3) is 0 Å². The Balaban J connectivity index is 4.24. The van der Waals surface area contributed by atoms with Crippen molar-refractivity contribution in [3.63, 3.8) is 0 Å². The molecule has 4 nitrogen and oxygen atoms in total. The number of aliphatic hydroxyl groups excluding tert-OH is 1. The zero-order valence-electron chi connectivity index (χ0n) is 10.2. The van der Waals surface area contributed by atoms with Crippen LogP contribution in [0.3, 0.4) is 0 Å². The van der Waals surface area contributed by atoms with Gasteiger partial charge in [0.05, 0.1) is 6.10 Å². The number of rotatable bonds is 5. The number of hydrogen-bond donors (Lipinski definition) is 1. The largest absolute Gasteiger partial charge is 0.461 e. The van der Waals surface area contributed by atoms with Crippen molar-refractivity contribution in [3.05, 3.63) is 11.6 Å². The number of carbonyl (C=O) groups excluding carboxylic acids is 1. The van der Waals surface area contributed by atoms with Crippen molar-refractivity contribution in [2.45, 2.75) is 33.0 Å². The molecule has 1 unspecified atom stereocenters. The topological polar surface area (TPSA) is 49.8 Å². The van der Waals surface area contributed by atoms with E-state index in [0.717, 1.165) is 0 Å². The molecule has 0 radical (unpaired) electrons. The zero-order chi connectivity index (χ0) is 12.0. The molecule has 0 saturated carbocycles. The Morgan fingerprint density at radius 2 is 2.00 bits per heavy atom. The van der Waals surface area contributed by atoms with E-state index in [1.54, 1.807) is 20.8 Å². The summed E-state index contributed by atoms with van der Waals surface area (Å²) in [5, 5.41) is 9.59. The molecule has 0 saturated heterocycles. The molecule has 0 aliphatic heterocycles. The van der Waals surface area contributed by atoms with Gasteiger partial charge in [0.1, 0.15) is 0 Å². The van der Waals surface area contributed by atoms with E-state index in [4.69, 9.17) is 4.74 Å².